The second-order valence-corrected chi connectivity index (χ2v) is 6.42. The number of rotatable bonds is 11. The minimum atomic E-state index is 0.785. The molecule has 24 heavy (non-hydrogen) atoms. The molecular weight excluding hydrogens is 296 g/mol. The van der Waals surface area contributed by atoms with Crippen LogP contribution in [0.25, 0.3) is 0 Å². The van der Waals surface area contributed by atoms with Crippen LogP contribution in [-0.4, -0.2) is 45.2 Å². The average molecular weight is 326 g/mol. The first kappa shape index (κ1) is 18.5. The molecule has 0 unspecified atom stereocenters. The SMILES string of the molecule is CN(C)CCNCCCCOc1ccc(Cc2ccccc2)cc1. The summed E-state index contributed by atoms with van der Waals surface area (Å²) in [6, 6.07) is 19.0. The van der Waals surface area contributed by atoms with Crippen LogP contribution < -0.4 is 10.1 Å². The highest BCUT2D eigenvalue weighted by molar-refractivity contribution is 5.31. The number of likely N-dealkylation sites (N-methyl/N-ethyl adjacent to an activating group) is 1. The number of hydrogen-bond donors (Lipinski definition) is 1. The Labute approximate surface area is 146 Å². The van der Waals surface area contributed by atoms with Gasteiger partial charge >= 0.3 is 0 Å². The van der Waals surface area contributed by atoms with Crippen molar-refractivity contribution in [3.63, 3.8) is 0 Å². The van der Waals surface area contributed by atoms with E-state index in [4.69, 9.17) is 4.74 Å². The van der Waals surface area contributed by atoms with Crippen molar-refractivity contribution in [3.8, 4) is 5.75 Å². The standard InChI is InChI=1S/C21H30N2O/c1-23(2)16-15-22-14-6-7-17-24-21-12-10-20(11-13-21)18-19-8-4-3-5-9-19/h3-5,8-13,22H,6-7,14-18H2,1-2H3. The second-order valence-electron chi connectivity index (χ2n) is 6.42. The van der Waals surface area contributed by atoms with Crippen LogP contribution in [0.4, 0.5) is 0 Å². The van der Waals surface area contributed by atoms with E-state index in [1.165, 1.54) is 11.1 Å². The van der Waals surface area contributed by atoms with Gasteiger partial charge in [0.2, 0.25) is 0 Å². The summed E-state index contributed by atoms with van der Waals surface area (Å²) in [6.07, 6.45) is 3.21. The zero-order valence-electron chi connectivity index (χ0n) is 15.0. The van der Waals surface area contributed by atoms with Crippen molar-refractivity contribution in [2.24, 2.45) is 0 Å². The highest BCUT2D eigenvalue weighted by Crippen LogP contribution is 2.15. The molecule has 2 rings (SSSR count). The summed E-state index contributed by atoms with van der Waals surface area (Å²) in [5.74, 6) is 0.965. The Bertz CT molecular complexity index is 552. The Balaban J connectivity index is 1.58. The van der Waals surface area contributed by atoms with Gasteiger partial charge in [0.15, 0.2) is 0 Å². The minimum Gasteiger partial charge on any atom is -0.494 e. The molecule has 0 atom stereocenters. The summed E-state index contributed by atoms with van der Waals surface area (Å²) in [5.41, 5.74) is 2.66. The predicted octanol–water partition coefficient (Wildman–Crippen LogP) is 3.59. The topological polar surface area (TPSA) is 24.5 Å². The lowest BCUT2D eigenvalue weighted by Crippen LogP contribution is -2.27. The average Bonchev–Trinajstić information content (AvgIpc) is 2.59. The molecule has 0 aromatic heterocycles. The molecule has 2 aromatic carbocycles. The van der Waals surface area contributed by atoms with Gasteiger partial charge in [0.1, 0.15) is 5.75 Å². The summed E-state index contributed by atoms with van der Waals surface area (Å²) in [4.78, 5) is 2.19. The summed E-state index contributed by atoms with van der Waals surface area (Å²) >= 11 is 0. The van der Waals surface area contributed by atoms with Crippen LogP contribution in [0.2, 0.25) is 0 Å². The molecule has 0 aliphatic rings. The molecule has 0 saturated heterocycles. The zero-order chi connectivity index (χ0) is 17.0. The van der Waals surface area contributed by atoms with E-state index in [0.29, 0.717) is 0 Å². The molecule has 3 nitrogen and oxygen atoms in total. The molecule has 0 fully saturated rings. The fourth-order valence-corrected chi connectivity index (χ4v) is 2.50. The lowest BCUT2D eigenvalue weighted by atomic mass is 10.1. The lowest BCUT2D eigenvalue weighted by Gasteiger charge is -2.10. The number of nitrogens with zero attached hydrogens (tertiary/aromatic N) is 1. The smallest absolute Gasteiger partial charge is 0.119 e. The van der Waals surface area contributed by atoms with E-state index in [1.54, 1.807) is 0 Å². The van der Waals surface area contributed by atoms with Gasteiger partial charge in [-0.25, -0.2) is 0 Å². The molecule has 0 aliphatic carbocycles. The maximum atomic E-state index is 5.82. The van der Waals surface area contributed by atoms with Gasteiger partial charge in [-0.2, -0.15) is 0 Å². The van der Waals surface area contributed by atoms with E-state index >= 15 is 0 Å². The fourth-order valence-electron chi connectivity index (χ4n) is 2.50. The van der Waals surface area contributed by atoms with E-state index in [-0.39, 0.29) is 0 Å². The molecular formula is C21H30N2O. The summed E-state index contributed by atoms with van der Waals surface area (Å²) in [6.45, 7) is 3.99. The van der Waals surface area contributed by atoms with Crippen LogP contribution in [-0.2, 0) is 6.42 Å². The first-order valence-electron chi connectivity index (χ1n) is 8.85. The van der Waals surface area contributed by atoms with Gasteiger partial charge in [0, 0.05) is 13.1 Å². The van der Waals surface area contributed by atoms with Crippen LogP contribution in [0.1, 0.15) is 24.0 Å². The van der Waals surface area contributed by atoms with E-state index in [9.17, 15) is 0 Å². The third-order valence-electron chi connectivity index (χ3n) is 3.93. The molecule has 2 aromatic rings. The fraction of sp³-hybridized carbons (Fsp3) is 0.429. The monoisotopic (exact) mass is 326 g/mol. The maximum absolute atomic E-state index is 5.82. The van der Waals surface area contributed by atoms with Crippen molar-refractivity contribution in [2.75, 3.05) is 40.3 Å². The normalized spacial score (nSPS) is 11.0. The van der Waals surface area contributed by atoms with Gasteiger partial charge in [-0.1, -0.05) is 42.5 Å². The summed E-state index contributed by atoms with van der Waals surface area (Å²) in [5, 5.41) is 3.45. The van der Waals surface area contributed by atoms with Crippen LogP contribution in [0.15, 0.2) is 54.6 Å². The number of benzene rings is 2. The van der Waals surface area contributed by atoms with Crippen LogP contribution >= 0.6 is 0 Å². The van der Waals surface area contributed by atoms with Crippen molar-refractivity contribution in [3.05, 3.63) is 65.7 Å². The van der Waals surface area contributed by atoms with E-state index in [0.717, 1.165) is 51.3 Å². The van der Waals surface area contributed by atoms with Crippen LogP contribution in [0, 0.1) is 0 Å². The van der Waals surface area contributed by atoms with Crippen molar-refractivity contribution in [1.29, 1.82) is 0 Å². The highest BCUT2D eigenvalue weighted by atomic mass is 16.5. The lowest BCUT2D eigenvalue weighted by molar-refractivity contribution is 0.305. The Kier molecular flexibility index (Phi) is 8.36. The molecule has 1 N–H and O–H groups in total. The van der Waals surface area contributed by atoms with Crippen molar-refractivity contribution < 1.29 is 4.74 Å². The van der Waals surface area contributed by atoms with Gasteiger partial charge in [0.05, 0.1) is 6.61 Å². The molecule has 130 valence electrons. The quantitative estimate of drug-likeness (QED) is 0.639. The van der Waals surface area contributed by atoms with Crippen molar-refractivity contribution in [2.45, 2.75) is 19.3 Å². The number of hydrogen-bond acceptors (Lipinski definition) is 3. The highest BCUT2D eigenvalue weighted by Gasteiger charge is 1.98. The molecule has 0 amide bonds. The van der Waals surface area contributed by atoms with E-state index in [1.807, 2.05) is 0 Å². The minimum absolute atomic E-state index is 0.785. The number of ether oxygens (including phenoxy) is 1. The molecule has 0 aliphatic heterocycles. The molecule has 3 heteroatoms. The molecule has 0 bridgehead atoms. The molecule has 0 spiro atoms. The Morgan fingerprint density at radius 2 is 1.54 bits per heavy atom. The van der Waals surface area contributed by atoms with E-state index in [2.05, 4.69) is 78.9 Å². The third kappa shape index (κ3) is 7.62. The summed E-state index contributed by atoms with van der Waals surface area (Å²) < 4.78 is 5.82. The Morgan fingerprint density at radius 1 is 0.833 bits per heavy atom. The van der Waals surface area contributed by atoms with Gasteiger partial charge in [-0.05, 0) is 63.2 Å². The first-order valence-corrected chi connectivity index (χ1v) is 8.85. The van der Waals surface area contributed by atoms with Crippen LogP contribution in [0.5, 0.6) is 5.75 Å². The van der Waals surface area contributed by atoms with E-state index < -0.39 is 0 Å². The third-order valence-corrected chi connectivity index (χ3v) is 3.93. The van der Waals surface area contributed by atoms with Crippen molar-refractivity contribution >= 4 is 0 Å². The molecule has 0 saturated carbocycles. The second kappa shape index (κ2) is 10.8. The Hall–Kier alpha value is -1.84. The largest absolute Gasteiger partial charge is 0.494 e. The predicted molar refractivity (Wildman–Crippen MR) is 102 cm³/mol. The van der Waals surface area contributed by atoms with Gasteiger partial charge in [0.25, 0.3) is 0 Å². The van der Waals surface area contributed by atoms with Gasteiger partial charge in [-0.3, -0.25) is 0 Å². The Morgan fingerprint density at radius 3 is 2.25 bits per heavy atom. The first-order chi connectivity index (χ1) is 11.7. The number of nitrogens with one attached hydrogen (secondary N) is 1. The van der Waals surface area contributed by atoms with Crippen LogP contribution in [0.3, 0.4) is 0 Å². The molecule has 0 heterocycles. The zero-order valence-corrected chi connectivity index (χ0v) is 15.0. The van der Waals surface area contributed by atoms with Gasteiger partial charge < -0.3 is 15.0 Å². The molecule has 0 radical (unpaired) electrons. The maximum Gasteiger partial charge on any atom is 0.119 e. The summed E-state index contributed by atoms with van der Waals surface area (Å²) in [7, 11) is 4.20. The number of unbranched alkanes of at least 4 members (excludes halogenated alkanes) is 1. The van der Waals surface area contributed by atoms with Crippen molar-refractivity contribution in [1.82, 2.24) is 10.2 Å². The van der Waals surface area contributed by atoms with Gasteiger partial charge in [-0.15, -0.1) is 0 Å².